The normalized spacial score (nSPS) is 16.9. The van der Waals surface area contributed by atoms with Gasteiger partial charge in [0.2, 0.25) is 0 Å². The Bertz CT molecular complexity index is 103. The van der Waals surface area contributed by atoms with Gasteiger partial charge >= 0.3 is 0 Å². The summed E-state index contributed by atoms with van der Waals surface area (Å²) in [5, 5.41) is 8.77. The third-order valence-corrected chi connectivity index (χ3v) is 1.66. The minimum absolute atomic E-state index is 0.0150. The summed E-state index contributed by atoms with van der Waals surface area (Å²) >= 11 is 0. The molecule has 1 atom stereocenters. The smallest absolute Gasteiger partial charge is 0.108 e. The van der Waals surface area contributed by atoms with E-state index in [0.29, 0.717) is 0 Å². The van der Waals surface area contributed by atoms with Gasteiger partial charge in [0.15, 0.2) is 0 Å². The fourth-order valence-electron chi connectivity index (χ4n) is 0.374. The molecule has 0 aromatic rings. The van der Waals surface area contributed by atoms with Crippen LogP contribution in [0.2, 0.25) is 0 Å². The summed E-state index contributed by atoms with van der Waals surface area (Å²) < 4.78 is 5.00. The Hall–Kier alpha value is -0.340. The van der Waals surface area contributed by atoms with Crippen LogP contribution in [-0.4, -0.2) is 24.4 Å². The van der Waals surface area contributed by atoms with E-state index in [1.54, 1.807) is 14.0 Å². The van der Waals surface area contributed by atoms with Crippen LogP contribution in [-0.2, 0) is 4.74 Å². The van der Waals surface area contributed by atoms with Gasteiger partial charge in [0.25, 0.3) is 0 Å². The molecule has 0 radical (unpaired) electrons. The molecule has 2 nitrogen and oxygen atoms in total. The van der Waals surface area contributed by atoms with Gasteiger partial charge in [-0.05, 0) is 19.4 Å². The molecule has 0 aliphatic heterocycles. The van der Waals surface area contributed by atoms with Crippen LogP contribution >= 0.6 is 0 Å². The molecular weight excluding hydrogens is 116 g/mol. The highest BCUT2D eigenvalue weighted by molar-refractivity contribution is 5.07. The Morgan fingerprint density at radius 1 is 1.78 bits per heavy atom. The first-order valence-corrected chi connectivity index (χ1v) is 2.89. The molecule has 1 unspecified atom stereocenters. The van der Waals surface area contributed by atoms with E-state index < -0.39 is 5.60 Å². The lowest BCUT2D eigenvalue weighted by Crippen LogP contribution is -2.32. The largest absolute Gasteiger partial charge is 0.393 e. The molecule has 54 valence electrons. The van der Waals surface area contributed by atoms with Crippen molar-refractivity contribution in [2.24, 2.45) is 0 Å². The average molecular weight is 130 g/mol. The van der Waals surface area contributed by atoms with Crippen LogP contribution in [0.5, 0.6) is 0 Å². The van der Waals surface area contributed by atoms with Crippen LogP contribution in [0.15, 0.2) is 12.2 Å². The first-order chi connectivity index (χ1) is 4.06. The quantitative estimate of drug-likeness (QED) is 0.576. The van der Waals surface area contributed by atoms with Gasteiger partial charge in [-0.2, -0.15) is 0 Å². The van der Waals surface area contributed by atoms with E-state index in [4.69, 9.17) is 9.84 Å². The van der Waals surface area contributed by atoms with Crippen molar-refractivity contribution in [3.63, 3.8) is 0 Å². The third-order valence-electron chi connectivity index (χ3n) is 1.66. The van der Waals surface area contributed by atoms with Gasteiger partial charge in [-0.15, -0.1) is 0 Å². The molecule has 0 saturated carbocycles. The van der Waals surface area contributed by atoms with Crippen LogP contribution in [0.3, 0.4) is 0 Å². The third kappa shape index (κ3) is 1.80. The lowest BCUT2D eigenvalue weighted by atomic mass is 10.0. The number of aliphatic hydroxyl groups is 1. The molecule has 9 heavy (non-hydrogen) atoms. The average Bonchev–Trinajstić information content (AvgIpc) is 1.86. The van der Waals surface area contributed by atoms with Crippen molar-refractivity contribution < 1.29 is 9.84 Å². The number of rotatable bonds is 3. The summed E-state index contributed by atoms with van der Waals surface area (Å²) in [7, 11) is 1.56. The predicted molar refractivity (Wildman–Crippen MR) is 37.3 cm³/mol. The van der Waals surface area contributed by atoms with Crippen LogP contribution < -0.4 is 0 Å². The summed E-state index contributed by atoms with van der Waals surface area (Å²) in [5.41, 5.74) is 0.285. The molecule has 0 rings (SSSR count). The van der Waals surface area contributed by atoms with Crippen LogP contribution in [0.25, 0.3) is 0 Å². The summed E-state index contributed by atoms with van der Waals surface area (Å²) in [6.45, 7) is 7.30. The summed E-state index contributed by atoms with van der Waals surface area (Å²) in [4.78, 5) is 0. The van der Waals surface area contributed by atoms with Crippen molar-refractivity contribution in [3.05, 3.63) is 12.2 Å². The molecular formula is C7H14O2. The number of ether oxygens (including phenoxy) is 1. The lowest BCUT2D eigenvalue weighted by Gasteiger charge is -2.25. The van der Waals surface area contributed by atoms with Gasteiger partial charge in [-0.25, -0.2) is 0 Å². The summed E-state index contributed by atoms with van der Waals surface area (Å²) in [6.07, 6.45) is 0. The predicted octanol–water partition coefficient (Wildman–Crippen LogP) is 0.960. The Kier molecular flexibility index (Phi) is 2.88. The maximum atomic E-state index is 8.77. The molecule has 0 aromatic heterocycles. The number of methoxy groups -OCH3 is 1. The van der Waals surface area contributed by atoms with E-state index in [1.807, 2.05) is 6.92 Å². The van der Waals surface area contributed by atoms with E-state index in [2.05, 4.69) is 6.58 Å². The Balaban J connectivity index is 4.09. The van der Waals surface area contributed by atoms with Crippen LogP contribution in [0.4, 0.5) is 0 Å². The van der Waals surface area contributed by atoms with Gasteiger partial charge < -0.3 is 9.84 Å². The first kappa shape index (κ1) is 8.66. The minimum Gasteiger partial charge on any atom is -0.393 e. The summed E-state index contributed by atoms with van der Waals surface area (Å²) in [6, 6.07) is 0. The van der Waals surface area contributed by atoms with E-state index in [9.17, 15) is 0 Å². The van der Waals surface area contributed by atoms with Gasteiger partial charge in [-0.3, -0.25) is 0 Å². The SMILES string of the molecule is C=C(C)C(C)(CO)OC. The topological polar surface area (TPSA) is 29.5 Å². The number of hydrogen-bond acceptors (Lipinski definition) is 2. The fourth-order valence-corrected chi connectivity index (χ4v) is 0.374. The zero-order valence-corrected chi connectivity index (χ0v) is 6.27. The molecule has 0 aliphatic carbocycles. The highest BCUT2D eigenvalue weighted by Crippen LogP contribution is 2.16. The molecule has 0 aliphatic rings. The van der Waals surface area contributed by atoms with Gasteiger partial charge in [0.05, 0.1) is 6.61 Å². The lowest BCUT2D eigenvalue weighted by molar-refractivity contribution is -0.00822. The number of hydrogen-bond donors (Lipinski definition) is 1. The molecule has 0 saturated heterocycles. The molecule has 0 amide bonds. The zero-order valence-electron chi connectivity index (χ0n) is 6.27. The molecule has 0 bridgehead atoms. The maximum Gasteiger partial charge on any atom is 0.108 e. The molecule has 0 spiro atoms. The second-order valence-corrected chi connectivity index (χ2v) is 2.37. The first-order valence-electron chi connectivity index (χ1n) is 2.89. The second kappa shape index (κ2) is 2.99. The van der Waals surface area contributed by atoms with Crippen molar-refractivity contribution in [1.29, 1.82) is 0 Å². The Morgan fingerprint density at radius 3 is 2.22 bits per heavy atom. The minimum atomic E-state index is -0.556. The van der Waals surface area contributed by atoms with Gasteiger partial charge in [0.1, 0.15) is 5.60 Å². The highest BCUT2D eigenvalue weighted by Gasteiger charge is 2.22. The molecule has 0 heterocycles. The van der Waals surface area contributed by atoms with Crippen molar-refractivity contribution in [2.45, 2.75) is 19.4 Å². The monoisotopic (exact) mass is 130 g/mol. The summed E-state index contributed by atoms with van der Waals surface area (Å²) in [5.74, 6) is 0. The molecule has 2 heteroatoms. The van der Waals surface area contributed by atoms with E-state index in [-0.39, 0.29) is 6.61 Å². The van der Waals surface area contributed by atoms with Crippen LogP contribution in [0.1, 0.15) is 13.8 Å². The molecule has 1 N–H and O–H groups in total. The second-order valence-electron chi connectivity index (χ2n) is 2.37. The van der Waals surface area contributed by atoms with Crippen molar-refractivity contribution in [3.8, 4) is 0 Å². The van der Waals surface area contributed by atoms with E-state index in [0.717, 1.165) is 5.57 Å². The Labute approximate surface area is 56.1 Å². The van der Waals surface area contributed by atoms with Gasteiger partial charge in [-0.1, -0.05) is 6.58 Å². The molecule has 0 aromatic carbocycles. The standard InChI is InChI=1S/C7H14O2/c1-6(2)7(3,5-8)9-4/h8H,1,5H2,2-4H3. The van der Waals surface area contributed by atoms with Crippen molar-refractivity contribution in [1.82, 2.24) is 0 Å². The van der Waals surface area contributed by atoms with Crippen molar-refractivity contribution in [2.75, 3.05) is 13.7 Å². The highest BCUT2D eigenvalue weighted by atomic mass is 16.5. The zero-order chi connectivity index (χ0) is 7.49. The maximum absolute atomic E-state index is 8.77. The van der Waals surface area contributed by atoms with E-state index in [1.165, 1.54) is 0 Å². The van der Waals surface area contributed by atoms with Crippen molar-refractivity contribution >= 4 is 0 Å². The van der Waals surface area contributed by atoms with E-state index >= 15 is 0 Å². The van der Waals surface area contributed by atoms with Crippen LogP contribution in [0, 0.1) is 0 Å². The number of aliphatic hydroxyl groups excluding tert-OH is 1. The fraction of sp³-hybridized carbons (Fsp3) is 0.714. The Morgan fingerprint density at radius 2 is 2.22 bits per heavy atom. The van der Waals surface area contributed by atoms with Gasteiger partial charge in [0, 0.05) is 7.11 Å². The molecule has 0 fully saturated rings.